The van der Waals surface area contributed by atoms with Gasteiger partial charge in [-0.05, 0) is 43.2 Å². The summed E-state index contributed by atoms with van der Waals surface area (Å²) in [6.45, 7) is 9.46. The van der Waals surface area contributed by atoms with Gasteiger partial charge < -0.3 is 9.47 Å². The highest BCUT2D eigenvalue weighted by atomic mass is 16.5. The van der Waals surface area contributed by atoms with Gasteiger partial charge in [-0.3, -0.25) is 0 Å². The van der Waals surface area contributed by atoms with Crippen LogP contribution in [0.2, 0.25) is 0 Å². The second-order valence-corrected chi connectivity index (χ2v) is 8.26. The highest BCUT2D eigenvalue weighted by molar-refractivity contribution is 6.03. The lowest BCUT2D eigenvalue weighted by molar-refractivity contribution is 0.0397. The van der Waals surface area contributed by atoms with Crippen LogP contribution in [0.3, 0.4) is 0 Å². The molecule has 1 atom stereocenters. The van der Waals surface area contributed by atoms with E-state index in [1.807, 2.05) is 0 Å². The van der Waals surface area contributed by atoms with Crippen LogP contribution in [-0.4, -0.2) is 25.2 Å². The fourth-order valence-electron chi connectivity index (χ4n) is 3.78. The molecule has 0 heterocycles. The molecule has 4 nitrogen and oxygen atoms in total. The van der Waals surface area contributed by atoms with E-state index in [0.717, 1.165) is 38.5 Å². The van der Waals surface area contributed by atoms with Gasteiger partial charge in [0.05, 0.1) is 24.3 Å². The molecule has 0 spiro atoms. The molecule has 4 heteroatoms. The van der Waals surface area contributed by atoms with Crippen molar-refractivity contribution >= 4 is 11.9 Å². The van der Waals surface area contributed by atoms with Gasteiger partial charge in [-0.1, -0.05) is 84.8 Å². The van der Waals surface area contributed by atoms with Crippen molar-refractivity contribution in [2.45, 2.75) is 91.9 Å². The molecule has 1 aromatic rings. The summed E-state index contributed by atoms with van der Waals surface area (Å²) in [4.78, 5) is 25.2. The largest absolute Gasteiger partial charge is 0.462 e. The average molecular weight is 419 g/mol. The maximum absolute atomic E-state index is 12.7. The van der Waals surface area contributed by atoms with Crippen molar-refractivity contribution in [3.05, 3.63) is 35.4 Å². The molecule has 170 valence electrons. The Bertz CT molecular complexity index is 607. The van der Waals surface area contributed by atoms with E-state index in [-0.39, 0.29) is 0 Å². The molecule has 0 bridgehead atoms. The van der Waals surface area contributed by atoms with Crippen LogP contribution in [0, 0.1) is 11.8 Å². The van der Waals surface area contributed by atoms with E-state index in [9.17, 15) is 9.59 Å². The molecule has 0 saturated heterocycles. The molecule has 0 N–H and O–H groups in total. The normalized spacial score (nSPS) is 12.0. The first kappa shape index (κ1) is 26.2. The van der Waals surface area contributed by atoms with E-state index in [4.69, 9.17) is 9.47 Å². The molecule has 0 radical (unpaired) electrons. The van der Waals surface area contributed by atoms with Crippen molar-refractivity contribution in [1.82, 2.24) is 0 Å². The van der Waals surface area contributed by atoms with Crippen LogP contribution >= 0.6 is 0 Å². The van der Waals surface area contributed by atoms with Crippen molar-refractivity contribution in [1.29, 1.82) is 0 Å². The smallest absolute Gasteiger partial charge is 0.339 e. The van der Waals surface area contributed by atoms with Gasteiger partial charge in [0.25, 0.3) is 0 Å². The molecule has 0 fully saturated rings. The zero-order chi connectivity index (χ0) is 22.2. The van der Waals surface area contributed by atoms with E-state index in [1.165, 1.54) is 25.7 Å². The van der Waals surface area contributed by atoms with Gasteiger partial charge in [0.2, 0.25) is 0 Å². The number of hydrogen-bond donors (Lipinski definition) is 0. The Morgan fingerprint density at radius 3 is 1.93 bits per heavy atom. The minimum atomic E-state index is -0.446. The average Bonchev–Trinajstić information content (AvgIpc) is 2.77. The molecule has 1 unspecified atom stereocenters. The van der Waals surface area contributed by atoms with Gasteiger partial charge >= 0.3 is 11.9 Å². The Hall–Kier alpha value is -1.84. The predicted molar refractivity (Wildman–Crippen MR) is 123 cm³/mol. The van der Waals surface area contributed by atoms with Crippen molar-refractivity contribution in [2.75, 3.05) is 13.2 Å². The number of rotatable bonds is 16. The molecule has 0 amide bonds. The lowest BCUT2D eigenvalue weighted by atomic mass is 9.97. The van der Waals surface area contributed by atoms with Crippen molar-refractivity contribution < 1.29 is 19.1 Å². The first-order valence-corrected chi connectivity index (χ1v) is 12.0. The van der Waals surface area contributed by atoms with Gasteiger partial charge in [0.15, 0.2) is 0 Å². The quantitative estimate of drug-likeness (QED) is 0.210. The SMILES string of the molecule is CCCCCCC(CCC)COC(=O)c1ccccc1C(=O)OCCC(CC)CC. The van der Waals surface area contributed by atoms with E-state index in [2.05, 4.69) is 27.7 Å². The summed E-state index contributed by atoms with van der Waals surface area (Å²) in [5, 5.41) is 0. The van der Waals surface area contributed by atoms with Crippen LogP contribution < -0.4 is 0 Å². The predicted octanol–water partition coefficient (Wildman–Crippen LogP) is 7.21. The highest BCUT2D eigenvalue weighted by Crippen LogP contribution is 2.19. The topological polar surface area (TPSA) is 52.6 Å². The number of hydrogen-bond acceptors (Lipinski definition) is 4. The molecule has 0 aliphatic carbocycles. The standard InChI is InChI=1S/C26H42O4/c1-5-9-10-11-15-22(14-6-2)20-30-26(28)24-17-13-12-16-23(24)25(27)29-19-18-21(7-3)8-4/h12-13,16-17,21-22H,5-11,14-15,18-20H2,1-4H3. The lowest BCUT2D eigenvalue weighted by Gasteiger charge is -2.17. The van der Waals surface area contributed by atoms with Crippen LogP contribution in [0.15, 0.2) is 24.3 Å². The first-order valence-electron chi connectivity index (χ1n) is 12.0. The molecule has 30 heavy (non-hydrogen) atoms. The second-order valence-electron chi connectivity index (χ2n) is 8.26. The van der Waals surface area contributed by atoms with E-state index >= 15 is 0 Å². The third-order valence-electron chi connectivity index (χ3n) is 5.89. The van der Waals surface area contributed by atoms with Gasteiger partial charge in [0, 0.05) is 0 Å². The molecule has 0 aliphatic heterocycles. The Labute approximate surface area is 183 Å². The minimum Gasteiger partial charge on any atom is -0.462 e. The maximum atomic E-state index is 12.7. The number of benzene rings is 1. The molecular weight excluding hydrogens is 376 g/mol. The molecule has 0 aliphatic rings. The fourth-order valence-corrected chi connectivity index (χ4v) is 3.78. The Kier molecular flexibility index (Phi) is 13.9. The summed E-state index contributed by atoms with van der Waals surface area (Å²) in [7, 11) is 0. The first-order chi connectivity index (χ1) is 14.6. The molecule has 0 saturated carbocycles. The van der Waals surface area contributed by atoms with Crippen molar-refractivity contribution in [3.63, 3.8) is 0 Å². The second kappa shape index (κ2) is 15.9. The number of unbranched alkanes of at least 4 members (excludes halogenated alkanes) is 3. The van der Waals surface area contributed by atoms with Crippen molar-refractivity contribution in [2.24, 2.45) is 11.8 Å². The molecule has 0 aromatic heterocycles. The number of carbonyl (C=O) groups is 2. The number of carbonyl (C=O) groups excluding carboxylic acids is 2. The van der Waals surface area contributed by atoms with Crippen LogP contribution in [0.25, 0.3) is 0 Å². The van der Waals surface area contributed by atoms with Gasteiger partial charge in [-0.25, -0.2) is 9.59 Å². The Morgan fingerprint density at radius 2 is 1.37 bits per heavy atom. The third kappa shape index (κ3) is 9.77. The monoisotopic (exact) mass is 418 g/mol. The number of ether oxygens (including phenoxy) is 2. The van der Waals surface area contributed by atoms with Crippen LogP contribution in [0.4, 0.5) is 0 Å². The zero-order valence-corrected chi connectivity index (χ0v) is 19.6. The molecule has 1 aromatic carbocycles. The Balaban J connectivity index is 2.63. The summed E-state index contributed by atoms with van der Waals surface area (Å²) in [5.74, 6) is 0.0659. The summed E-state index contributed by atoms with van der Waals surface area (Å²) in [6, 6.07) is 6.80. The van der Waals surface area contributed by atoms with Crippen LogP contribution in [0.5, 0.6) is 0 Å². The zero-order valence-electron chi connectivity index (χ0n) is 19.6. The number of esters is 2. The van der Waals surface area contributed by atoms with E-state index < -0.39 is 11.9 Å². The van der Waals surface area contributed by atoms with E-state index in [0.29, 0.717) is 36.2 Å². The summed E-state index contributed by atoms with van der Waals surface area (Å²) in [5.41, 5.74) is 0.591. The van der Waals surface area contributed by atoms with E-state index in [1.54, 1.807) is 24.3 Å². The molecular formula is C26H42O4. The Morgan fingerprint density at radius 1 is 0.733 bits per heavy atom. The highest BCUT2D eigenvalue weighted by Gasteiger charge is 2.20. The van der Waals surface area contributed by atoms with Gasteiger partial charge in [-0.15, -0.1) is 0 Å². The minimum absolute atomic E-state index is 0.294. The summed E-state index contributed by atoms with van der Waals surface area (Å²) < 4.78 is 11.1. The van der Waals surface area contributed by atoms with Crippen LogP contribution in [-0.2, 0) is 9.47 Å². The summed E-state index contributed by atoms with van der Waals surface area (Å²) in [6.07, 6.45) is 11.1. The third-order valence-corrected chi connectivity index (χ3v) is 5.89. The van der Waals surface area contributed by atoms with Gasteiger partial charge in [-0.2, -0.15) is 0 Å². The maximum Gasteiger partial charge on any atom is 0.339 e. The molecule has 1 rings (SSSR count). The fraction of sp³-hybridized carbons (Fsp3) is 0.692. The summed E-state index contributed by atoms with van der Waals surface area (Å²) >= 11 is 0. The lowest BCUT2D eigenvalue weighted by Crippen LogP contribution is -2.18. The van der Waals surface area contributed by atoms with Crippen molar-refractivity contribution in [3.8, 4) is 0 Å². The van der Waals surface area contributed by atoms with Crippen LogP contribution in [0.1, 0.15) is 113 Å². The van der Waals surface area contributed by atoms with Gasteiger partial charge in [0.1, 0.15) is 0 Å².